The SMILES string of the molecule is O=C(c1cccc(F)c1)N1CCN(c2nc(C3CC3)nc3cc(Cl)ccc23)CC1. The van der Waals surface area contributed by atoms with Crippen LogP contribution in [0.5, 0.6) is 0 Å². The number of anilines is 1. The number of nitrogens with zero attached hydrogens (tertiary/aromatic N) is 4. The number of hydrogen-bond donors (Lipinski definition) is 0. The molecule has 0 N–H and O–H groups in total. The molecule has 7 heteroatoms. The first-order chi connectivity index (χ1) is 14.1. The summed E-state index contributed by atoms with van der Waals surface area (Å²) in [5.74, 6) is 1.70. The van der Waals surface area contributed by atoms with Crippen LogP contribution in [0.25, 0.3) is 10.9 Å². The number of fused-ring (bicyclic) bond motifs is 1. The maximum Gasteiger partial charge on any atom is 0.254 e. The summed E-state index contributed by atoms with van der Waals surface area (Å²) in [4.78, 5) is 26.3. The Bertz CT molecular complexity index is 1090. The van der Waals surface area contributed by atoms with Crippen LogP contribution in [0.3, 0.4) is 0 Å². The van der Waals surface area contributed by atoms with E-state index in [1.807, 2.05) is 18.2 Å². The second kappa shape index (κ2) is 7.26. The molecule has 0 bridgehead atoms. The van der Waals surface area contributed by atoms with Crippen LogP contribution in [0.15, 0.2) is 42.5 Å². The zero-order valence-electron chi connectivity index (χ0n) is 15.8. The standard InChI is InChI=1S/C22H20ClFN4O/c23-16-6-7-18-19(13-16)25-20(14-4-5-14)26-21(18)27-8-10-28(11-9-27)22(29)15-2-1-3-17(24)12-15/h1-3,6-7,12-14H,4-5,8-11H2. The molecule has 2 fully saturated rings. The van der Waals surface area contributed by atoms with Crippen molar-refractivity contribution in [2.24, 2.45) is 0 Å². The van der Waals surface area contributed by atoms with E-state index in [2.05, 4.69) is 4.90 Å². The Balaban J connectivity index is 1.39. The number of halogens is 2. The Morgan fingerprint density at radius 2 is 1.83 bits per heavy atom. The molecule has 0 spiro atoms. The Morgan fingerprint density at radius 3 is 2.55 bits per heavy atom. The summed E-state index contributed by atoms with van der Waals surface area (Å²) in [7, 11) is 0. The third-order valence-electron chi connectivity index (χ3n) is 5.54. The van der Waals surface area contributed by atoms with Gasteiger partial charge in [-0.1, -0.05) is 17.7 Å². The second-order valence-corrected chi connectivity index (χ2v) is 8.07. The summed E-state index contributed by atoms with van der Waals surface area (Å²) in [5, 5.41) is 1.64. The topological polar surface area (TPSA) is 49.3 Å². The molecule has 2 aromatic carbocycles. The Kier molecular flexibility index (Phi) is 4.59. The van der Waals surface area contributed by atoms with E-state index in [0.29, 0.717) is 42.7 Å². The van der Waals surface area contributed by atoms with Crippen LogP contribution >= 0.6 is 11.6 Å². The van der Waals surface area contributed by atoms with Crippen LogP contribution < -0.4 is 4.90 Å². The highest BCUT2D eigenvalue weighted by molar-refractivity contribution is 6.31. The first-order valence-corrected chi connectivity index (χ1v) is 10.2. The molecule has 5 nitrogen and oxygen atoms in total. The highest BCUT2D eigenvalue weighted by atomic mass is 35.5. The van der Waals surface area contributed by atoms with Gasteiger partial charge in [-0.3, -0.25) is 4.79 Å². The first-order valence-electron chi connectivity index (χ1n) is 9.85. The third-order valence-corrected chi connectivity index (χ3v) is 5.77. The number of aromatic nitrogens is 2. The van der Waals surface area contributed by atoms with Crippen LogP contribution in [0, 0.1) is 5.82 Å². The molecular weight excluding hydrogens is 391 g/mol. The first kappa shape index (κ1) is 18.3. The zero-order valence-corrected chi connectivity index (χ0v) is 16.6. The number of hydrogen-bond acceptors (Lipinski definition) is 4. The van der Waals surface area contributed by atoms with Gasteiger partial charge in [-0.05, 0) is 49.2 Å². The third kappa shape index (κ3) is 3.65. The molecule has 0 unspecified atom stereocenters. The van der Waals surface area contributed by atoms with E-state index in [1.54, 1.807) is 17.0 Å². The van der Waals surface area contributed by atoms with Gasteiger partial charge in [0, 0.05) is 48.1 Å². The molecular formula is C22H20ClFN4O. The minimum atomic E-state index is -0.395. The predicted octanol–water partition coefficient (Wildman–Crippen LogP) is 4.26. The molecule has 0 radical (unpaired) electrons. The van der Waals surface area contributed by atoms with Crippen LogP contribution in [-0.4, -0.2) is 47.0 Å². The summed E-state index contributed by atoms with van der Waals surface area (Å²) >= 11 is 6.18. The summed E-state index contributed by atoms with van der Waals surface area (Å²) in [6.07, 6.45) is 2.25. The van der Waals surface area contributed by atoms with Gasteiger partial charge < -0.3 is 9.80 Å². The van der Waals surface area contributed by atoms with Gasteiger partial charge in [-0.25, -0.2) is 14.4 Å². The van der Waals surface area contributed by atoms with Crippen molar-refractivity contribution in [3.63, 3.8) is 0 Å². The smallest absolute Gasteiger partial charge is 0.254 e. The van der Waals surface area contributed by atoms with Gasteiger partial charge in [-0.15, -0.1) is 0 Å². The van der Waals surface area contributed by atoms with E-state index < -0.39 is 5.82 Å². The van der Waals surface area contributed by atoms with Crippen LogP contribution in [0.2, 0.25) is 5.02 Å². The van der Waals surface area contributed by atoms with Gasteiger partial charge in [0.25, 0.3) is 5.91 Å². The lowest BCUT2D eigenvalue weighted by Gasteiger charge is -2.36. The summed E-state index contributed by atoms with van der Waals surface area (Å²) in [5.41, 5.74) is 1.25. The fourth-order valence-electron chi connectivity index (χ4n) is 3.79. The number of carbonyl (C=O) groups excluding carboxylic acids is 1. The molecule has 1 amide bonds. The van der Waals surface area contributed by atoms with Gasteiger partial charge in [0.05, 0.1) is 5.52 Å². The molecule has 1 saturated heterocycles. The Hall–Kier alpha value is -2.73. The molecule has 2 aliphatic rings. The van der Waals surface area contributed by atoms with Gasteiger partial charge in [0.15, 0.2) is 0 Å². The molecule has 1 aliphatic carbocycles. The maximum absolute atomic E-state index is 13.5. The molecule has 0 atom stereocenters. The van der Waals surface area contributed by atoms with Crippen LogP contribution in [-0.2, 0) is 0 Å². The molecule has 29 heavy (non-hydrogen) atoms. The van der Waals surface area contributed by atoms with Crippen molar-refractivity contribution in [1.29, 1.82) is 0 Å². The van der Waals surface area contributed by atoms with E-state index in [1.165, 1.54) is 12.1 Å². The van der Waals surface area contributed by atoms with E-state index in [0.717, 1.165) is 35.4 Å². The zero-order chi connectivity index (χ0) is 20.0. The van der Waals surface area contributed by atoms with E-state index in [4.69, 9.17) is 21.6 Å². The number of piperazine rings is 1. The fraction of sp³-hybridized carbons (Fsp3) is 0.318. The molecule has 1 saturated carbocycles. The number of amides is 1. The van der Waals surface area contributed by atoms with Gasteiger partial charge in [-0.2, -0.15) is 0 Å². The van der Waals surface area contributed by atoms with Gasteiger partial charge in [0.1, 0.15) is 17.5 Å². The van der Waals surface area contributed by atoms with Crippen molar-refractivity contribution >= 4 is 34.2 Å². The van der Waals surface area contributed by atoms with Gasteiger partial charge >= 0.3 is 0 Å². The number of carbonyl (C=O) groups is 1. The summed E-state index contributed by atoms with van der Waals surface area (Å²) in [6.45, 7) is 2.46. The summed E-state index contributed by atoms with van der Waals surface area (Å²) in [6, 6.07) is 11.6. The predicted molar refractivity (Wildman–Crippen MR) is 111 cm³/mol. The maximum atomic E-state index is 13.5. The second-order valence-electron chi connectivity index (χ2n) is 7.63. The van der Waals surface area contributed by atoms with Gasteiger partial charge in [0.2, 0.25) is 0 Å². The van der Waals surface area contributed by atoms with E-state index in [-0.39, 0.29) is 5.91 Å². The Morgan fingerprint density at radius 1 is 1.03 bits per heavy atom. The van der Waals surface area contributed by atoms with E-state index >= 15 is 0 Å². The number of rotatable bonds is 3. The molecule has 5 rings (SSSR count). The minimum absolute atomic E-state index is 0.137. The average Bonchev–Trinajstić information content (AvgIpc) is 3.58. The van der Waals surface area contributed by atoms with E-state index in [9.17, 15) is 9.18 Å². The average molecular weight is 411 g/mol. The Labute approximate surface area is 173 Å². The fourth-order valence-corrected chi connectivity index (χ4v) is 3.96. The number of benzene rings is 2. The van der Waals surface area contributed by atoms with Crippen molar-refractivity contribution in [2.45, 2.75) is 18.8 Å². The normalized spacial score (nSPS) is 17.0. The molecule has 148 valence electrons. The highest BCUT2D eigenvalue weighted by Gasteiger charge is 2.30. The monoisotopic (exact) mass is 410 g/mol. The van der Waals surface area contributed by atoms with Crippen molar-refractivity contribution in [3.8, 4) is 0 Å². The lowest BCUT2D eigenvalue weighted by molar-refractivity contribution is 0.0746. The molecule has 1 aromatic heterocycles. The molecule has 2 heterocycles. The lowest BCUT2D eigenvalue weighted by Crippen LogP contribution is -2.49. The van der Waals surface area contributed by atoms with Crippen molar-refractivity contribution in [3.05, 3.63) is 64.7 Å². The quantitative estimate of drug-likeness (QED) is 0.647. The van der Waals surface area contributed by atoms with Crippen LogP contribution in [0.4, 0.5) is 10.2 Å². The van der Waals surface area contributed by atoms with Crippen molar-refractivity contribution in [1.82, 2.24) is 14.9 Å². The minimum Gasteiger partial charge on any atom is -0.352 e. The van der Waals surface area contributed by atoms with Crippen LogP contribution in [0.1, 0.15) is 34.9 Å². The highest BCUT2D eigenvalue weighted by Crippen LogP contribution is 2.40. The largest absolute Gasteiger partial charge is 0.352 e. The molecule has 3 aromatic rings. The molecule has 1 aliphatic heterocycles. The van der Waals surface area contributed by atoms with Crippen molar-refractivity contribution < 1.29 is 9.18 Å². The van der Waals surface area contributed by atoms with Crippen molar-refractivity contribution in [2.75, 3.05) is 31.1 Å². The lowest BCUT2D eigenvalue weighted by atomic mass is 10.1. The summed E-state index contributed by atoms with van der Waals surface area (Å²) < 4.78 is 13.5.